The number of nitriles is 1. The van der Waals surface area contributed by atoms with Crippen LogP contribution in [0.3, 0.4) is 0 Å². The second kappa shape index (κ2) is 6.30. The van der Waals surface area contributed by atoms with Gasteiger partial charge in [0.15, 0.2) is 5.75 Å². The van der Waals surface area contributed by atoms with Crippen LogP contribution in [0.2, 0.25) is 0 Å². The van der Waals surface area contributed by atoms with Gasteiger partial charge in [-0.05, 0) is 24.8 Å². The fourth-order valence-electron chi connectivity index (χ4n) is 1.75. The fourth-order valence-corrected chi connectivity index (χ4v) is 2.32. The van der Waals surface area contributed by atoms with Gasteiger partial charge in [-0.3, -0.25) is 4.68 Å². The number of benzene rings is 1. The SMILES string of the molecule is CCCn1cc(Oc2cccc(SC)c2C#N)cn1. The lowest BCUT2D eigenvalue weighted by atomic mass is 10.2. The molecule has 0 bridgehead atoms. The summed E-state index contributed by atoms with van der Waals surface area (Å²) in [5.41, 5.74) is 0.568. The van der Waals surface area contributed by atoms with E-state index >= 15 is 0 Å². The summed E-state index contributed by atoms with van der Waals surface area (Å²) in [5.74, 6) is 1.23. The van der Waals surface area contributed by atoms with E-state index in [-0.39, 0.29) is 0 Å². The van der Waals surface area contributed by atoms with Crippen LogP contribution in [0.25, 0.3) is 0 Å². The summed E-state index contributed by atoms with van der Waals surface area (Å²) in [6, 6.07) is 7.80. The van der Waals surface area contributed by atoms with Gasteiger partial charge in [0.1, 0.15) is 17.4 Å². The third-order valence-electron chi connectivity index (χ3n) is 2.61. The Labute approximate surface area is 117 Å². The maximum atomic E-state index is 9.23. The Bertz CT molecular complexity index is 601. The zero-order chi connectivity index (χ0) is 13.7. The first kappa shape index (κ1) is 13.5. The Balaban J connectivity index is 2.25. The van der Waals surface area contributed by atoms with Gasteiger partial charge in [-0.1, -0.05) is 13.0 Å². The van der Waals surface area contributed by atoms with Gasteiger partial charge in [-0.25, -0.2) is 0 Å². The van der Waals surface area contributed by atoms with E-state index in [9.17, 15) is 5.26 Å². The number of aryl methyl sites for hydroxylation is 1. The molecule has 0 aliphatic rings. The molecule has 1 heterocycles. The van der Waals surface area contributed by atoms with Gasteiger partial charge in [0, 0.05) is 11.4 Å². The minimum atomic E-state index is 0.568. The van der Waals surface area contributed by atoms with Crippen molar-refractivity contribution < 1.29 is 4.74 Å². The Hall–Kier alpha value is -1.93. The molecule has 0 fully saturated rings. The molecule has 0 amide bonds. The van der Waals surface area contributed by atoms with Crippen LogP contribution in [0.1, 0.15) is 18.9 Å². The highest BCUT2D eigenvalue weighted by Crippen LogP contribution is 2.31. The third-order valence-corrected chi connectivity index (χ3v) is 3.39. The molecule has 0 spiro atoms. The van der Waals surface area contributed by atoms with Crippen molar-refractivity contribution in [1.82, 2.24) is 9.78 Å². The van der Waals surface area contributed by atoms with E-state index in [1.54, 1.807) is 12.3 Å². The van der Waals surface area contributed by atoms with E-state index in [0.717, 1.165) is 17.9 Å². The Morgan fingerprint density at radius 3 is 3.00 bits per heavy atom. The lowest BCUT2D eigenvalue weighted by Crippen LogP contribution is -1.95. The molecule has 0 aliphatic carbocycles. The standard InChI is InChI=1S/C14H15N3OS/c1-3-7-17-10-11(9-16-17)18-13-5-4-6-14(19-2)12(13)8-15/h4-6,9-10H,3,7H2,1-2H3. The van der Waals surface area contributed by atoms with Crippen LogP contribution in [0.4, 0.5) is 0 Å². The summed E-state index contributed by atoms with van der Waals surface area (Å²) < 4.78 is 7.58. The molecule has 0 aliphatic heterocycles. The summed E-state index contributed by atoms with van der Waals surface area (Å²) in [7, 11) is 0. The molecule has 19 heavy (non-hydrogen) atoms. The van der Waals surface area contributed by atoms with Crippen molar-refractivity contribution in [2.75, 3.05) is 6.26 Å². The number of thioether (sulfide) groups is 1. The molecule has 0 atom stereocenters. The number of hydrogen-bond donors (Lipinski definition) is 0. The van der Waals surface area contributed by atoms with E-state index in [1.807, 2.05) is 29.3 Å². The molecule has 1 aromatic carbocycles. The summed E-state index contributed by atoms with van der Waals surface area (Å²) >= 11 is 1.53. The summed E-state index contributed by atoms with van der Waals surface area (Å²) in [5, 5.41) is 13.4. The molecular formula is C14H15N3OS. The van der Waals surface area contributed by atoms with Crippen LogP contribution in [0.15, 0.2) is 35.5 Å². The lowest BCUT2D eigenvalue weighted by molar-refractivity contribution is 0.477. The van der Waals surface area contributed by atoms with Gasteiger partial charge in [-0.15, -0.1) is 11.8 Å². The maximum absolute atomic E-state index is 9.23. The van der Waals surface area contributed by atoms with E-state index in [2.05, 4.69) is 18.1 Å². The van der Waals surface area contributed by atoms with Crippen LogP contribution in [0.5, 0.6) is 11.5 Å². The average molecular weight is 273 g/mol. The van der Waals surface area contributed by atoms with E-state index in [0.29, 0.717) is 17.1 Å². The number of aromatic nitrogens is 2. The monoisotopic (exact) mass is 273 g/mol. The largest absolute Gasteiger partial charge is 0.453 e. The number of ether oxygens (including phenoxy) is 1. The van der Waals surface area contributed by atoms with Crippen molar-refractivity contribution in [3.8, 4) is 17.6 Å². The quantitative estimate of drug-likeness (QED) is 0.780. The average Bonchev–Trinajstić information content (AvgIpc) is 2.86. The molecule has 2 rings (SSSR count). The van der Waals surface area contributed by atoms with Gasteiger partial charge in [-0.2, -0.15) is 10.4 Å². The molecule has 4 nitrogen and oxygen atoms in total. The Kier molecular flexibility index (Phi) is 4.48. The van der Waals surface area contributed by atoms with Crippen LogP contribution in [0, 0.1) is 11.3 Å². The van der Waals surface area contributed by atoms with E-state index in [4.69, 9.17) is 4.74 Å². The molecule has 98 valence electrons. The van der Waals surface area contributed by atoms with Crippen molar-refractivity contribution in [2.45, 2.75) is 24.8 Å². The molecule has 0 N–H and O–H groups in total. The van der Waals surface area contributed by atoms with Crippen LogP contribution in [-0.4, -0.2) is 16.0 Å². The maximum Gasteiger partial charge on any atom is 0.165 e. The lowest BCUT2D eigenvalue weighted by Gasteiger charge is -2.07. The van der Waals surface area contributed by atoms with Crippen molar-refractivity contribution in [1.29, 1.82) is 5.26 Å². The first-order valence-corrected chi connectivity index (χ1v) is 7.28. The molecule has 0 saturated heterocycles. The number of hydrogen-bond acceptors (Lipinski definition) is 4. The minimum Gasteiger partial charge on any atom is -0.453 e. The molecule has 0 saturated carbocycles. The van der Waals surface area contributed by atoms with Gasteiger partial charge in [0.2, 0.25) is 0 Å². The second-order valence-corrected chi connectivity index (χ2v) is 4.83. The van der Waals surface area contributed by atoms with Crippen molar-refractivity contribution in [2.24, 2.45) is 0 Å². The zero-order valence-electron chi connectivity index (χ0n) is 11.0. The Morgan fingerprint density at radius 1 is 1.47 bits per heavy atom. The highest BCUT2D eigenvalue weighted by Gasteiger charge is 2.10. The Morgan fingerprint density at radius 2 is 2.32 bits per heavy atom. The van der Waals surface area contributed by atoms with Gasteiger partial charge in [0.05, 0.1) is 12.4 Å². The smallest absolute Gasteiger partial charge is 0.165 e. The van der Waals surface area contributed by atoms with E-state index < -0.39 is 0 Å². The normalized spacial score (nSPS) is 10.2. The summed E-state index contributed by atoms with van der Waals surface area (Å²) in [6.07, 6.45) is 6.48. The molecule has 2 aromatic rings. The first-order chi connectivity index (χ1) is 9.28. The predicted octanol–water partition coefficient (Wildman–Crippen LogP) is 3.68. The van der Waals surface area contributed by atoms with Gasteiger partial charge >= 0.3 is 0 Å². The van der Waals surface area contributed by atoms with Crippen molar-refractivity contribution in [3.63, 3.8) is 0 Å². The predicted molar refractivity (Wildman–Crippen MR) is 75.5 cm³/mol. The van der Waals surface area contributed by atoms with Crippen LogP contribution < -0.4 is 4.74 Å². The third kappa shape index (κ3) is 3.09. The number of nitrogens with zero attached hydrogens (tertiary/aromatic N) is 3. The zero-order valence-corrected chi connectivity index (χ0v) is 11.8. The summed E-state index contributed by atoms with van der Waals surface area (Å²) in [6.45, 7) is 2.96. The van der Waals surface area contributed by atoms with Crippen molar-refractivity contribution >= 4 is 11.8 Å². The summed E-state index contributed by atoms with van der Waals surface area (Å²) in [4.78, 5) is 0.918. The molecule has 0 unspecified atom stereocenters. The van der Waals surface area contributed by atoms with Gasteiger partial charge < -0.3 is 4.74 Å². The van der Waals surface area contributed by atoms with Crippen molar-refractivity contribution in [3.05, 3.63) is 36.2 Å². The highest BCUT2D eigenvalue weighted by atomic mass is 32.2. The second-order valence-electron chi connectivity index (χ2n) is 3.99. The molecular weight excluding hydrogens is 258 g/mol. The topological polar surface area (TPSA) is 50.8 Å². The fraction of sp³-hybridized carbons (Fsp3) is 0.286. The van der Waals surface area contributed by atoms with Crippen LogP contribution >= 0.6 is 11.8 Å². The molecule has 1 aromatic heterocycles. The highest BCUT2D eigenvalue weighted by molar-refractivity contribution is 7.98. The van der Waals surface area contributed by atoms with E-state index in [1.165, 1.54) is 11.8 Å². The first-order valence-electron chi connectivity index (χ1n) is 6.06. The van der Waals surface area contributed by atoms with Gasteiger partial charge in [0.25, 0.3) is 0 Å². The minimum absolute atomic E-state index is 0.568. The number of rotatable bonds is 5. The van der Waals surface area contributed by atoms with Crippen LogP contribution in [-0.2, 0) is 6.54 Å². The molecule has 5 heteroatoms. The molecule has 0 radical (unpaired) electrons.